The number of hydrogen-bond donors (Lipinski definition) is 0. The van der Waals surface area contributed by atoms with Crippen molar-refractivity contribution in [3.8, 4) is 56.5 Å². The zero-order chi connectivity index (χ0) is 40.5. The second-order valence-electron chi connectivity index (χ2n) is 15.1. The molecule has 0 saturated carbocycles. The number of nitrogens with zero attached hydrogens (tertiary/aromatic N) is 5. The monoisotopic (exact) mass is 779 g/mol. The molecule has 0 amide bonds. The molecular weight excluding hydrogens is 743 g/mol. The van der Waals surface area contributed by atoms with Crippen LogP contribution in [0.15, 0.2) is 224 Å². The molecule has 5 heteroatoms. The Bertz CT molecular complexity index is 3240. The van der Waals surface area contributed by atoms with Crippen LogP contribution < -0.4 is 4.90 Å². The van der Waals surface area contributed by atoms with E-state index >= 15 is 0 Å². The first-order valence-corrected chi connectivity index (χ1v) is 20.5. The summed E-state index contributed by atoms with van der Waals surface area (Å²) < 4.78 is 0. The molecule has 0 saturated heterocycles. The number of anilines is 3. The Morgan fingerprint density at radius 3 is 1.41 bits per heavy atom. The minimum Gasteiger partial charge on any atom is -0.311 e. The van der Waals surface area contributed by atoms with E-state index in [0.717, 1.165) is 88.6 Å². The summed E-state index contributed by atoms with van der Waals surface area (Å²) >= 11 is 0. The van der Waals surface area contributed by atoms with Gasteiger partial charge in [-0.3, -0.25) is 0 Å². The first-order valence-electron chi connectivity index (χ1n) is 20.5. The third kappa shape index (κ3) is 6.84. The molecule has 5 nitrogen and oxygen atoms in total. The second kappa shape index (κ2) is 15.5. The van der Waals surface area contributed by atoms with Gasteiger partial charge in [0.15, 0.2) is 17.5 Å². The number of aromatic nitrogens is 4. The number of pyridine rings is 1. The summed E-state index contributed by atoms with van der Waals surface area (Å²) in [7, 11) is 0. The Hall–Kier alpha value is -8.28. The highest BCUT2D eigenvalue weighted by Crippen LogP contribution is 2.40. The van der Waals surface area contributed by atoms with Gasteiger partial charge in [-0.2, -0.15) is 0 Å². The largest absolute Gasteiger partial charge is 0.311 e. The van der Waals surface area contributed by atoms with E-state index in [0.29, 0.717) is 17.5 Å². The lowest BCUT2D eigenvalue weighted by Crippen LogP contribution is -2.09. The van der Waals surface area contributed by atoms with Gasteiger partial charge >= 0.3 is 0 Å². The normalized spacial score (nSPS) is 11.3. The highest BCUT2D eigenvalue weighted by molar-refractivity contribution is 6.22. The lowest BCUT2D eigenvalue weighted by molar-refractivity contribution is 1.07. The molecule has 0 spiro atoms. The van der Waals surface area contributed by atoms with Gasteiger partial charge in [-0.25, -0.2) is 19.9 Å². The van der Waals surface area contributed by atoms with Crippen LogP contribution in [0.25, 0.3) is 89.0 Å². The summed E-state index contributed by atoms with van der Waals surface area (Å²) in [6.45, 7) is 0. The van der Waals surface area contributed by atoms with E-state index in [-0.39, 0.29) is 0 Å². The topological polar surface area (TPSA) is 54.8 Å². The summed E-state index contributed by atoms with van der Waals surface area (Å²) in [4.78, 5) is 22.7. The van der Waals surface area contributed by atoms with Gasteiger partial charge in [0.2, 0.25) is 0 Å². The van der Waals surface area contributed by atoms with Gasteiger partial charge in [-0.1, -0.05) is 170 Å². The van der Waals surface area contributed by atoms with E-state index in [9.17, 15) is 0 Å². The van der Waals surface area contributed by atoms with E-state index in [1.807, 2.05) is 60.7 Å². The molecule has 0 bridgehead atoms. The fourth-order valence-corrected chi connectivity index (χ4v) is 8.32. The van der Waals surface area contributed by atoms with Crippen molar-refractivity contribution >= 4 is 49.5 Å². The number of benzene rings is 9. The predicted molar refractivity (Wildman–Crippen MR) is 252 cm³/mol. The molecule has 0 atom stereocenters. The van der Waals surface area contributed by atoms with Crippen molar-refractivity contribution in [2.75, 3.05) is 4.90 Å². The van der Waals surface area contributed by atoms with Crippen molar-refractivity contribution in [1.29, 1.82) is 0 Å². The number of fused-ring (bicyclic) bond motifs is 5. The van der Waals surface area contributed by atoms with Crippen LogP contribution in [-0.2, 0) is 0 Å². The van der Waals surface area contributed by atoms with Gasteiger partial charge in [0.05, 0.1) is 11.2 Å². The molecule has 0 unspecified atom stereocenters. The molecule has 9 aromatic carbocycles. The molecular formula is C56H37N5. The molecule has 11 rings (SSSR count). The van der Waals surface area contributed by atoms with E-state index < -0.39 is 0 Å². The molecule has 0 radical (unpaired) electrons. The SMILES string of the molecule is c1ccc(-c2nc(-c3ccccc3)nc(-c3ccc4ccc5c(-c6cccc(-c7ccc(N(c8ccccc8)c8ccccc8)cc7)c6)nc6ccccc6c5c4c3)n2)cc1. The molecule has 286 valence electrons. The maximum Gasteiger partial charge on any atom is 0.164 e. The molecule has 0 aliphatic heterocycles. The van der Waals surface area contributed by atoms with Crippen LogP contribution in [0.2, 0.25) is 0 Å². The van der Waals surface area contributed by atoms with Gasteiger partial charge in [-0.05, 0) is 76.5 Å². The zero-order valence-electron chi connectivity index (χ0n) is 33.1. The summed E-state index contributed by atoms with van der Waals surface area (Å²) in [5, 5.41) is 5.58. The molecule has 0 N–H and O–H groups in total. The summed E-state index contributed by atoms with van der Waals surface area (Å²) in [6, 6.07) is 78.2. The average molecular weight is 780 g/mol. The number of rotatable bonds is 8. The molecule has 0 fully saturated rings. The van der Waals surface area contributed by atoms with Crippen molar-refractivity contribution in [3.05, 3.63) is 224 Å². The van der Waals surface area contributed by atoms with Crippen molar-refractivity contribution in [2.24, 2.45) is 0 Å². The molecule has 11 aromatic rings. The van der Waals surface area contributed by atoms with Crippen LogP contribution in [0, 0.1) is 0 Å². The van der Waals surface area contributed by atoms with Crippen molar-refractivity contribution in [1.82, 2.24) is 19.9 Å². The Labute approximate surface area is 354 Å². The molecule has 0 aliphatic carbocycles. The van der Waals surface area contributed by atoms with E-state index in [2.05, 4.69) is 169 Å². The van der Waals surface area contributed by atoms with Gasteiger partial charge < -0.3 is 4.90 Å². The predicted octanol–water partition coefficient (Wildman–Crippen LogP) is 14.5. The minimum atomic E-state index is 0.625. The Kier molecular flexibility index (Phi) is 9.10. The number of hydrogen-bond acceptors (Lipinski definition) is 5. The van der Waals surface area contributed by atoms with Gasteiger partial charge in [0.1, 0.15) is 0 Å². The summed E-state index contributed by atoms with van der Waals surface area (Å²) in [6.07, 6.45) is 0. The maximum atomic E-state index is 5.35. The molecule has 2 heterocycles. The van der Waals surface area contributed by atoms with Crippen LogP contribution in [0.5, 0.6) is 0 Å². The van der Waals surface area contributed by atoms with Gasteiger partial charge in [-0.15, -0.1) is 0 Å². The van der Waals surface area contributed by atoms with E-state index in [1.165, 1.54) is 0 Å². The van der Waals surface area contributed by atoms with Crippen LogP contribution in [0.4, 0.5) is 17.1 Å². The van der Waals surface area contributed by atoms with Crippen LogP contribution in [0.1, 0.15) is 0 Å². The third-order valence-electron chi connectivity index (χ3n) is 11.3. The van der Waals surface area contributed by atoms with Gasteiger partial charge in [0.25, 0.3) is 0 Å². The Morgan fingerprint density at radius 1 is 0.279 bits per heavy atom. The zero-order valence-corrected chi connectivity index (χ0v) is 33.1. The van der Waals surface area contributed by atoms with Gasteiger partial charge in [0, 0.05) is 55.5 Å². The average Bonchev–Trinajstić information content (AvgIpc) is 3.35. The smallest absolute Gasteiger partial charge is 0.164 e. The van der Waals surface area contributed by atoms with Crippen molar-refractivity contribution in [2.45, 2.75) is 0 Å². The minimum absolute atomic E-state index is 0.625. The quantitative estimate of drug-likeness (QED) is 0.144. The Morgan fingerprint density at radius 2 is 0.770 bits per heavy atom. The van der Waals surface area contributed by atoms with Crippen LogP contribution in [0.3, 0.4) is 0 Å². The third-order valence-corrected chi connectivity index (χ3v) is 11.3. The molecule has 61 heavy (non-hydrogen) atoms. The first kappa shape index (κ1) is 35.8. The molecule has 0 aliphatic rings. The lowest BCUT2D eigenvalue weighted by atomic mass is 9.93. The highest BCUT2D eigenvalue weighted by atomic mass is 15.1. The van der Waals surface area contributed by atoms with E-state index in [4.69, 9.17) is 19.9 Å². The van der Waals surface area contributed by atoms with E-state index in [1.54, 1.807) is 0 Å². The highest BCUT2D eigenvalue weighted by Gasteiger charge is 2.18. The van der Waals surface area contributed by atoms with Crippen molar-refractivity contribution in [3.63, 3.8) is 0 Å². The fourth-order valence-electron chi connectivity index (χ4n) is 8.32. The maximum absolute atomic E-state index is 5.35. The Balaban J connectivity index is 1.03. The standard InChI is InChI=1S/C56H37N5/c1-5-16-40(17-6-1)54-58-55(41-18-7-2-8-19-41)60-56(59-54)44-29-28-39-32-35-49-52(50(39)37-44)48-26-13-14-27-51(48)57-53(49)43-21-15-20-42(36-43)38-30-33-47(34-31-38)61(45-22-9-3-10-23-45)46-24-11-4-12-25-46/h1-37H. The molecule has 2 aromatic heterocycles. The van der Waals surface area contributed by atoms with Crippen LogP contribution >= 0.6 is 0 Å². The lowest BCUT2D eigenvalue weighted by Gasteiger charge is -2.25. The first-order chi connectivity index (χ1) is 30.2. The van der Waals surface area contributed by atoms with Crippen LogP contribution in [-0.4, -0.2) is 19.9 Å². The second-order valence-corrected chi connectivity index (χ2v) is 15.1. The van der Waals surface area contributed by atoms with Crippen molar-refractivity contribution < 1.29 is 0 Å². The number of para-hydroxylation sites is 3. The summed E-state index contributed by atoms with van der Waals surface area (Å²) in [5.74, 6) is 1.90. The fraction of sp³-hybridized carbons (Fsp3) is 0. The summed E-state index contributed by atoms with van der Waals surface area (Å²) in [5.41, 5.74) is 11.3.